The molecule has 0 spiro atoms. The van der Waals surface area contributed by atoms with Crippen molar-refractivity contribution in [3.63, 3.8) is 0 Å². The summed E-state index contributed by atoms with van der Waals surface area (Å²) in [5.74, 6) is 0.0518. The van der Waals surface area contributed by atoms with Gasteiger partial charge in [-0.3, -0.25) is 9.59 Å². The minimum atomic E-state index is -0.217. The van der Waals surface area contributed by atoms with Gasteiger partial charge in [0.1, 0.15) is 5.75 Å². The zero-order valence-corrected chi connectivity index (χ0v) is 15.7. The molecule has 1 N–H and O–H groups in total. The topological polar surface area (TPSA) is 55.4 Å². The molecule has 0 saturated carbocycles. The highest BCUT2D eigenvalue weighted by Crippen LogP contribution is 2.24. The number of methoxy groups -OCH3 is 1. The second-order valence-corrected chi connectivity index (χ2v) is 6.57. The minimum Gasteiger partial charge on any atom is -0.496 e. The lowest BCUT2D eigenvalue weighted by Crippen LogP contribution is -2.14. The Bertz CT molecular complexity index is 777. The van der Waals surface area contributed by atoms with Gasteiger partial charge in [0.15, 0.2) is 5.78 Å². The first-order chi connectivity index (χ1) is 11.4. The zero-order valence-electron chi connectivity index (χ0n) is 13.4. The van der Waals surface area contributed by atoms with E-state index < -0.39 is 0 Å². The Balaban J connectivity index is 1.97. The fourth-order valence-electron chi connectivity index (χ4n) is 2.21. The Morgan fingerprint density at radius 1 is 1.17 bits per heavy atom. The van der Waals surface area contributed by atoms with Crippen molar-refractivity contribution < 1.29 is 14.3 Å². The van der Waals surface area contributed by atoms with Gasteiger partial charge in [0.25, 0.3) is 0 Å². The highest BCUT2D eigenvalue weighted by atomic mass is 79.9. The molecule has 2 aromatic carbocycles. The van der Waals surface area contributed by atoms with E-state index in [0.717, 1.165) is 10.0 Å². The molecular weight excluding hydrogens is 394 g/mol. The lowest BCUT2D eigenvalue weighted by Gasteiger charge is -2.09. The maximum absolute atomic E-state index is 12.3. The number of carbonyl (C=O) groups is 2. The Morgan fingerprint density at radius 3 is 2.58 bits per heavy atom. The van der Waals surface area contributed by atoms with E-state index in [1.807, 2.05) is 19.1 Å². The SMILES string of the molecule is COc1ccc(Cl)cc1C(=O)CCC(=O)Nc1ccc(Br)c(C)c1. The summed E-state index contributed by atoms with van der Waals surface area (Å²) < 4.78 is 6.14. The monoisotopic (exact) mass is 409 g/mol. The van der Waals surface area contributed by atoms with Gasteiger partial charge in [-0.15, -0.1) is 0 Å². The van der Waals surface area contributed by atoms with E-state index in [9.17, 15) is 9.59 Å². The number of hydrogen-bond acceptors (Lipinski definition) is 3. The number of ketones is 1. The van der Waals surface area contributed by atoms with Crippen LogP contribution in [0.5, 0.6) is 5.75 Å². The van der Waals surface area contributed by atoms with Crippen LogP contribution in [0.3, 0.4) is 0 Å². The predicted octanol–water partition coefficient (Wildman–Crippen LogP) is 5.02. The summed E-state index contributed by atoms with van der Waals surface area (Å²) in [6.45, 7) is 1.94. The van der Waals surface area contributed by atoms with Crippen molar-refractivity contribution >= 4 is 44.9 Å². The first kappa shape index (κ1) is 18.5. The third kappa shape index (κ3) is 4.82. The smallest absolute Gasteiger partial charge is 0.224 e. The van der Waals surface area contributed by atoms with Gasteiger partial charge in [0.2, 0.25) is 5.91 Å². The second-order valence-electron chi connectivity index (χ2n) is 5.28. The number of carbonyl (C=O) groups excluding carboxylic acids is 2. The number of Topliss-reactive ketones (excluding diaryl/α,β-unsaturated/α-hetero) is 1. The van der Waals surface area contributed by atoms with E-state index in [-0.39, 0.29) is 24.5 Å². The van der Waals surface area contributed by atoms with E-state index in [0.29, 0.717) is 22.0 Å². The molecule has 4 nitrogen and oxygen atoms in total. The molecule has 0 unspecified atom stereocenters. The Hall–Kier alpha value is -1.85. The van der Waals surface area contributed by atoms with Crippen molar-refractivity contribution in [2.24, 2.45) is 0 Å². The molecule has 0 aliphatic heterocycles. The Labute approximate surface area is 154 Å². The van der Waals surface area contributed by atoms with Crippen molar-refractivity contribution in [3.8, 4) is 5.75 Å². The van der Waals surface area contributed by atoms with E-state index in [4.69, 9.17) is 16.3 Å². The number of benzene rings is 2. The molecular formula is C18H17BrClNO3. The van der Waals surface area contributed by atoms with Gasteiger partial charge >= 0.3 is 0 Å². The van der Waals surface area contributed by atoms with Gasteiger partial charge < -0.3 is 10.1 Å². The molecule has 24 heavy (non-hydrogen) atoms. The van der Waals surface area contributed by atoms with Crippen molar-refractivity contribution in [2.45, 2.75) is 19.8 Å². The van der Waals surface area contributed by atoms with Crippen LogP contribution in [0.15, 0.2) is 40.9 Å². The van der Waals surface area contributed by atoms with Crippen molar-refractivity contribution in [3.05, 3.63) is 57.0 Å². The number of ether oxygens (including phenoxy) is 1. The first-order valence-corrected chi connectivity index (χ1v) is 8.50. The molecule has 0 aliphatic rings. The van der Waals surface area contributed by atoms with Crippen LogP contribution >= 0.6 is 27.5 Å². The van der Waals surface area contributed by atoms with Crippen LogP contribution in [0.2, 0.25) is 5.02 Å². The van der Waals surface area contributed by atoms with Gasteiger partial charge in [-0.1, -0.05) is 27.5 Å². The number of aryl methyl sites for hydroxylation is 1. The van der Waals surface area contributed by atoms with Crippen LogP contribution in [-0.4, -0.2) is 18.8 Å². The summed E-state index contributed by atoms with van der Waals surface area (Å²) in [4.78, 5) is 24.3. The first-order valence-electron chi connectivity index (χ1n) is 7.33. The quantitative estimate of drug-likeness (QED) is 0.680. The highest BCUT2D eigenvalue weighted by molar-refractivity contribution is 9.10. The molecule has 0 aromatic heterocycles. The summed E-state index contributed by atoms with van der Waals surface area (Å²) in [5, 5.41) is 3.24. The molecule has 0 aliphatic carbocycles. The fraction of sp³-hybridized carbons (Fsp3) is 0.222. The summed E-state index contributed by atoms with van der Waals surface area (Å²) in [7, 11) is 1.49. The fourth-order valence-corrected chi connectivity index (χ4v) is 2.62. The second kappa shape index (κ2) is 8.31. The average Bonchev–Trinajstić information content (AvgIpc) is 2.56. The van der Waals surface area contributed by atoms with Gasteiger partial charge in [-0.25, -0.2) is 0 Å². The number of rotatable bonds is 6. The predicted molar refractivity (Wildman–Crippen MR) is 99.1 cm³/mol. The summed E-state index contributed by atoms with van der Waals surface area (Å²) in [6.07, 6.45) is 0.168. The third-order valence-corrected chi connectivity index (χ3v) is 4.61. The lowest BCUT2D eigenvalue weighted by atomic mass is 10.1. The number of nitrogens with one attached hydrogen (secondary N) is 1. The van der Waals surface area contributed by atoms with Crippen LogP contribution in [0.4, 0.5) is 5.69 Å². The van der Waals surface area contributed by atoms with Crippen LogP contribution < -0.4 is 10.1 Å². The van der Waals surface area contributed by atoms with Crippen molar-refractivity contribution in [1.82, 2.24) is 0 Å². The van der Waals surface area contributed by atoms with Crippen LogP contribution in [0, 0.1) is 6.92 Å². The van der Waals surface area contributed by atoms with Crippen LogP contribution in [0.25, 0.3) is 0 Å². The number of halogens is 2. The molecule has 2 rings (SSSR count). The van der Waals surface area contributed by atoms with Crippen molar-refractivity contribution in [2.75, 3.05) is 12.4 Å². The molecule has 0 heterocycles. The number of amides is 1. The normalized spacial score (nSPS) is 10.3. The molecule has 6 heteroatoms. The van der Waals surface area contributed by atoms with E-state index >= 15 is 0 Å². The molecule has 0 saturated heterocycles. The number of anilines is 1. The highest BCUT2D eigenvalue weighted by Gasteiger charge is 2.15. The van der Waals surface area contributed by atoms with Crippen LogP contribution in [-0.2, 0) is 4.79 Å². The van der Waals surface area contributed by atoms with E-state index in [2.05, 4.69) is 21.2 Å². The van der Waals surface area contributed by atoms with Crippen molar-refractivity contribution in [1.29, 1.82) is 0 Å². The summed E-state index contributed by atoms with van der Waals surface area (Å²) in [5.41, 5.74) is 2.11. The average molecular weight is 411 g/mol. The standard InChI is InChI=1S/C18H17BrClNO3/c1-11-9-13(4-5-15(11)19)21-18(23)8-6-16(22)14-10-12(20)3-7-17(14)24-2/h3-5,7,9-10H,6,8H2,1-2H3,(H,21,23). The number of hydrogen-bond donors (Lipinski definition) is 1. The summed E-state index contributed by atoms with van der Waals surface area (Å²) in [6, 6.07) is 10.4. The summed E-state index contributed by atoms with van der Waals surface area (Å²) >= 11 is 9.34. The Kier molecular flexibility index (Phi) is 6.40. The lowest BCUT2D eigenvalue weighted by molar-refractivity contribution is -0.116. The molecule has 126 valence electrons. The Morgan fingerprint density at radius 2 is 1.92 bits per heavy atom. The molecule has 1 amide bonds. The molecule has 2 aromatic rings. The largest absolute Gasteiger partial charge is 0.496 e. The maximum Gasteiger partial charge on any atom is 0.224 e. The molecule has 0 fully saturated rings. The zero-order chi connectivity index (χ0) is 17.7. The van der Waals surface area contributed by atoms with Gasteiger partial charge in [0.05, 0.1) is 12.7 Å². The van der Waals surface area contributed by atoms with E-state index in [1.165, 1.54) is 7.11 Å². The van der Waals surface area contributed by atoms with Gasteiger partial charge in [-0.05, 0) is 48.9 Å². The molecule has 0 bridgehead atoms. The van der Waals surface area contributed by atoms with Crippen LogP contribution in [0.1, 0.15) is 28.8 Å². The maximum atomic E-state index is 12.3. The minimum absolute atomic E-state index is 0.0814. The van der Waals surface area contributed by atoms with E-state index in [1.54, 1.807) is 24.3 Å². The molecule has 0 radical (unpaired) electrons. The molecule has 0 atom stereocenters. The third-order valence-electron chi connectivity index (χ3n) is 3.48. The van der Waals surface area contributed by atoms with Gasteiger partial charge in [-0.2, -0.15) is 0 Å². The van der Waals surface area contributed by atoms with Gasteiger partial charge in [0, 0.05) is 28.0 Å².